The average molecular weight is 454 g/mol. The Bertz CT molecular complexity index is 1020. The monoisotopic (exact) mass is 452 g/mol. The van der Waals surface area contributed by atoms with E-state index < -0.39 is 12.2 Å². The van der Waals surface area contributed by atoms with Gasteiger partial charge in [-0.25, -0.2) is 13.9 Å². The van der Waals surface area contributed by atoms with Gasteiger partial charge in [0.05, 0.1) is 16.3 Å². The van der Waals surface area contributed by atoms with E-state index >= 15 is 0 Å². The van der Waals surface area contributed by atoms with Gasteiger partial charge in [-0.3, -0.25) is 0 Å². The minimum Gasteiger partial charge on any atom is -0.483 e. The van der Waals surface area contributed by atoms with Crippen molar-refractivity contribution in [2.45, 2.75) is 13.0 Å². The molecule has 3 rings (SSSR count). The molecule has 6 nitrogen and oxygen atoms in total. The summed E-state index contributed by atoms with van der Waals surface area (Å²) in [6.07, 6.45) is -1.60. The van der Waals surface area contributed by atoms with Crippen LogP contribution in [0, 0.1) is 4.77 Å². The molecule has 0 aliphatic rings. The first kappa shape index (κ1) is 19.8. The number of aromatic amines is 1. The van der Waals surface area contributed by atoms with Crippen molar-refractivity contribution in [3.8, 4) is 5.75 Å². The molecule has 0 saturated heterocycles. The van der Waals surface area contributed by atoms with E-state index in [1.807, 2.05) is 0 Å². The van der Waals surface area contributed by atoms with Crippen molar-refractivity contribution in [3.63, 3.8) is 0 Å². The van der Waals surface area contributed by atoms with Gasteiger partial charge in [0.25, 0.3) is 6.43 Å². The minimum absolute atomic E-state index is 0.0301. The summed E-state index contributed by atoms with van der Waals surface area (Å²) in [5.41, 5.74) is 0. The number of rotatable bonds is 6. The van der Waals surface area contributed by atoms with Crippen LogP contribution in [0.2, 0.25) is 15.1 Å². The Balaban J connectivity index is 1.71. The molecular weight excluding hydrogens is 445 g/mol. The van der Waals surface area contributed by atoms with Gasteiger partial charge in [0.2, 0.25) is 10.6 Å². The second-order valence-electron chi connectivity index (χ2n) is 5.04. The number of hydrogen-bond acceptors (Lipinski definition) is 5. The third-order valence-electron chi connectivity index (χ3n) is 3.18. The molecule has 12 heteroatoms. The van der Waals surface area contributed by atoms with Crippen molar-refractivity contribution in [1.82, 2.24) is 14.9 Å². The SMILES string of the molecule is FC(F)c1n[nH]c(=S)n1N=Cc1ccc(COc2c(Cl)cc(Cl)cc2Cl)o1. The lowest BCUT2D eigenvalue weighted by Gasteiger charge is -2.08. The van der Waals surface area contributed by atoms with Gasteiger partial charge >= 0.3 is 0 Å². The molecule has 1 aromatic carbocycles. The molecule has 2 heterocycles. The summed E-state index contributed by atoms with van der Waals surface area (Å²) in [7, 11) is 0. The van der Waals surface area contributed by atoms with Crippen LogP contribution in [0.1, 0.15) is 23.8 Å². The molecule has 0 unspecified atom stereocenters. The number of ether oxygens (including phenoxy) is 1. The number of hydrogen-bond donors (Lipinski definition) is 1. The summed E-state index contributed by atoms with van der Waals surface area (Å²) < 4.78 is 37.4. The molecule has 1 N–H and O–H groups in total. The Labute approximate surface area is 171 Å². The number of halogens is 5. The predicted octanol–water partition coefficient (Wildman–Crippen LogP) is 5.89. The van der Waals surface area contributed by atoms with Crippen LogP contribution in [0.15, 0.2) is 33.8 Å². The highest BCUT2D eigenvalue weighted by molar-refractivity contribution is 7.71. The van der Waals surface area contributed by atoms with Crippen molar-refractivity contribution in [2.75, 3.05) is 0 Å². The van der Waals surface area contributed by atoms with E-state index in [0.29, 0.717) is 16.5 Å². The molecule has 0 aliphatic carbocycles. The van der Waals surface area contributed by atoms with E-state index in [1.54, 1.807) is 12.1 Å². The zero-order chi connectivity index (χ0) is 19.6. The first-order chi connectivity index (χ1) is 12.8. The first-order valence-corrected chi connectivity index (χ1v) is 8.75. The Morgan fingerprint density at radius 1 is 1.30 bits per heavy atom. The molecule has 0 saturated carbocycles. The Kier molecular flexibility index (Phi) is 6.15. The van der Waals surface area contributed by atoms with Gasteiger partial charge in [0.15, 0.2) is 5.75 Å². The van der Waals surface area contributed by atoms with Crippen LogP contribution in [-0.2, 0) is 6.61 Å². The molecule has 0 amide bonds. The summed E-state index contributed by atoms with van der Waals surface area (Å²) in [5.74, 6) is 0.396. The van der Waals surface area contributed by atoms with Crippen molar-refractivity contribution in [3.05, 3.63) is 61.4 Å². The maximum absolute atomic E-state index is 12.8. The highest BCUT2D eigenvalue weighted by Crippen LogP contribution is 2.36. The number of nitrogens with one attached hydrogen (secondary N) is 1. The quantitative estimate of drug-likeness (QED) is 0.373. The zero-order valence-corrected chi connectivity index (χ0v) is 16.2. The third kappa shape index (κ3) is 4.67. The number of furan rings is 1. The van der Waals surface area contributed by atoms with Crippen LogP contribution < -0.4 is 4.74 Å². The second-order valence-corrected chi connectivity index (χ2v) is 6.67. The maximum Gasteiger partial charge on any atom is 0.299 e. The summed E-state index contributed by atoms with van der Waals surface area (Å²) in [6.45, 7) is 0.0301. The van der Waals surface area contributed by atoms with E-state index in [9.17, 15) is 8.78 Å². The molecule has 0 aliphatic heterocycles. The average Bonchev–Trinajstić information content (AvgIpc) is 3.18. The largest absolute Gasteiger partial charge is 0.483 e. The van der Waals surface area contributed by atoms with Crippen LogP contribution >= 0.6 is 47.0 Å². The molecule has 0 spiro atoms. The molecule has 3 aromatic rings. The van der Waals surface area contributed by atoms with Crippen molar-refractivity contribution < 1.29 is 17.9 Å². The van der Waals surface area contributed by atoms with E-state index in [0.717, 1.165) is 4.68 Å². The standard InChI is InChI=1S/C15H9Cl3F2N4O2S/c16-7-3-10(17)12(11(18)4-7)25-6-9-2-1-8(26-9)5-21-24-14(13(19)20)22-23-15(24)27/h1-5,13H,6H2,(H,23,27). The van der Waals surface area contributed by atoms with E-state index in [1.165, 1.54) is 18.3 Å². The summed E-state index contributed by atoms with van der Waals surface area (Å²) in [5, 5.41) is 10.4. The fourth-order valence-electron chi connectivity index (χ4n) is 2.02. The second kappa shape index (κ2) is 8.39. The summed E-state index contributed by atoms with van der Waals surface area (Å²) in [6, 6.07) is 6.21. The molecular formula is C15H9Cl3F2N4O2S. The summed E-state index contributed by atoms with van der Waals surface area (Å²) in [4.78, 5) is 0. The molecule has 27 heavy (non-hydrogen) atoms. The molecule has 2 aromatic heterocycles. The molecule has 0 fully saturated rings. The topological polar surface area (TPSA) is 68.3 Å². The van der Waals surface area contributed by atoms with Gasteiger partial charge in [-0.15, -0.1) is 0 Å². The smallest absolute Gasteiger partial charge is 0.299 e. The maximum atomic E-state index is 12.8. The fourth-order valence-corrected chi connectivity index (χ4v) is 3.14. The highest BCUT2D eigenvalue weighted by atomic mass is 35.5. The zero-order valence-electron chi connectivity index (χ0n) is 13.1. The Hall–Kier alpha value is -1.94. The number of aromatic nitrogens is 3. The van der Waals surface area contributed by atoms with Crippen LogP contribution in [0.25, 0.3) is 0 Å². The fraction of sp³-hybridized carbons (Fsp3) is 0.133. The lowest BCUT2D eigenvalue weighted by atomic mass is 10.3. The summed E-state index contributed by atoms with van der Waals surface area (Å²) >= 11 is 22.8. The highest BCUT2D eigenvalue weighted by Gasteiger charge is 2.16. The Morgan fingerprint density at radius 2 is 2.00 bits per heavy atom. The van der Waals surface area contributed by atoms with Gasteiger partial charge in [-0.05, 0) is 36.5 Å². The van der Waals surface area contributed by atoms with Crippen LogP contribution in [0.5, 0.6) is 5.75 Å². The van der Waals surface area contributed by atoms with Crippen LogP contribution in [0.3, 0.4) is 0 Å². The van der Waals surface area contributed by atoms with Gasteiger partial charge in [0, 0.05) is 5.02 Å². The lowest BCUT2D eigenvalue weighted by molar-refractivity contribution is 0.136. The van der Waals surface area contributed by atoms with Gasteiger partial charge in [-0.2, -0.15) is 14.9 Å². The van der Waals surface area contributed by atoms with E-state index in [2.05, 4.69) is 15.3 Å². The number of nitrogens with zero attached hydrogens (tertiary/aromatic N) is 3. The molecule has 0 atom stereocenters. The van der Waals surface area contributed by atoms with Gasteiger partial charge in [-0.1, -0.05) is 34.8 Å². The molecule has 142 valence electrons. The van der Waals surface area contributed by atoms with Crippen LogP contribution in [-0.4, -0.2) is 21.1 Å². The predicted molar refractivity (Wildman–Crippen MR) is 99.9 cm³/mol. The van der Waals surface area contributed by atoms with E-state index in [-0.39, 0.29) is 27.2 Å². The third-order valence-corrected chi connectivity index (χ3v) is 4.22. The van der Waals surface area contributed by atoms with Crippen molar-refractivity contribution in [2.24, 2.45) is 5.10 Å². The van der Waals surface area contributed by atoms with Gasteiger partial charge in [0.1, 0.15) is 18.1 Å². The number of benzene rings is 1. The molecule has 0 radical (unpaired) electrons. The lowest BCUT2D eigenvalue weighted by Crippen LogP contribution is -1.99. The van der Waals surface area contributed by atoms with Gasteiger partial charge < -0.3 is 9.15 Å². The van der Waals surface area contributed by atoms with Crippen LogP contribution in [0.4, 0.5) is 8.78 Å². The first-order valence-electron chi connectivity index (χ1n) is 7.21. The molecule has 0 bridgehead atoms. The number of H-pyrrole nitrogens is 1. The van der Waals surface area contributed by atoms with Crippen molar-refractivity contribution >= 4 is 53.2 Å². The number of alkyl halides is 2. The minimum atomic E-state index is -2.83. The Morgan fingerprint density at radius 3 is 2.67 bits per heavy atom. The van der Waals surface area contributed by atoms with Crippen molar-refractivity contribution in [1.29, 1.82) is 0 Å². The van der Waals surface area contributed by atoms with E-state index in [4.69, 9.17) is 56.2 Å². The normalized spacial score (nSPS) is 11.6.